The third-order valence-corrected chi connectivity index (χ3v) is 4.64. The lowest BCUT2D eigenvalue weighted by molar-refractivity contribution is 0.142. The zero-order valence-electron chi connectivity index (χ0n) is 11.5. The highest BCUT2D eigenvalue weighted by Gasteiger charge is 2.20. The third-order valence-electron chi connectivity index (χ3n) is 3.74. The van der Waals surface area contributed by atoms with Crippen LogP contribution < -0.4 is 10.6 Å². The summed E-state index contributed by atoms with van der Waals surface area (Å²) in [5.74, 6) is 0. The van der Waals surface area contributed by atoms with Crippen LogP contribution in [-0.4, -0.2) is 42.3 Å². The molecule has 1 fully saturated rings. The number of benzene rings is 1. The maximum absolute atomic E-state index is 10.9. The van der Waals surface area contributed by atoms with Crippen molar-refractivity contribution in [1.29, 1.82) is 0 Å². The molecular formula is C15H17N3O2S. The van der Waals surface area contributed by atoms with Crippen LogP contribution in [-0.2, 0) is 0 Å². The number of piperazine rings is 1. The van der Waals surface area contributed by atoms with Gasteiger partial charge in [-0.05, 0) is 29.6 Å². The highest BCUT2D eigenvalue weighted by Crippen LogP contribution is 2.32. The standard InChI is InChI=1S/C15H17N3O2S/c16-13-10-11(3-4-12(13)14-2-1-9-21-14)17-5-7-18(8-6-17)15(19)20/h1-4,9-10H,5-8,16H2,(H,19,20). The summed E-state index contributed by atoms with van der Waals surface area (Å²) in [6.45, 7) is 2.46. The number of hydrogen-bond acceptors (Lipinski definition) is 4. The predicted octanol–water partition coefficient (Wildman–Crippen LogP) is 2.80. The topological polar surface area (TPSA) is 69.8 Å². The maximum Gasteiger partial charge on any atom is 0.407 e. The van der Waals surface area contributed by atoms with Gasteiger partial charge in [-0.15, -0.1) is 11.3 Å². The molecule has 6 heteroatoms. The molecule has 1 saturated heterocycles. The van der Waals surface area contributed by atoms with E-state index in [1.807, 2.05) is 23.6 Å². The van der Waals surface area contributed by atoms with E-state index in [0.29, 0.717) is 26.2 Å². The Morgan fingerprint density at radius 2 is 1.95 bits per heavy atom. The Morgan fingerprint density at radius 1 is 1.19 bits per heavy atom. The Balaban J connectivity index is 1.76. The van der Waals surface area contributed by atoms with Gasteiger partial charge in [-0.25, -0.2) is 4.79 Å². The van der Waals surface area contributed by atoms with E-state index in [1.165, 1.54) is 4.90 Å². The molecule has 0 spiro atoms. The molecule has 0 unspecified atom stereocenters. The molecule has 1 aromatic carbocycles. The van der Waals surface area contributed by atoms with Gasteiger partial charge >= 0.3 is 6.09 Å². The minimum atomic E-state index is -0.845. The summed E-state index contributed by atoms with van der Waals surface area (Å²) in [7, 11) is 0. The van der Waals surface area contributed by atoms with Crippen molar-refractivity contribution in [3.63, 3.8) is 0 Å². The summed E-state index contributed by atoms with van der Waals surface area (Å²) < 4.78 is 0. The van der Waals surface area contributed by atoms with Gasteiger partial charge in [0.1, 0.15) is 0 Å². The van der Waals surface area contributed by atoms with E-state index >= 15 is 0 Å². The lowest BCUT2D eigenvalue weighted by Gasteiger charge is -2.34. The van der Waals surface area contributed by atoms with Gasteiger partial charge in [0.25, 0.3) is 0 Å². The van der Waals surface area contributed by atoms with Gasteiger partial charge in [0.05, 0.1) is 0 Å². The zero-order chi connectivity index (χ0) is 14.8. The molecule has 1 amide bonds. The predicted molar refractivity (Wildman–Crippen MR) is 86.0 cm³/mol. The average molecular weight is 303 g/mol. The second-order valence-electron chi connectivity index (χ2n) is 5.01. The second kappa shape index (κ2) is 5.65. The Labute approximate surface area is 127 Å². The largest absolute Gasteiger partial charge is 0.465 e. The average Bonchev–Trinajstić information content (AvgIpc) is 3.01. The minimum absolute atomic E-state index is 0.530. The number of carboxylic acid groups (broad SMARTS) is 1. The number of hydrogen-bond donors (Lipinski definition) is 2. The van der Waals surface area contributed by atoms with Crippen LogP contribution >= 0.6 is 11.3 Å². The van der Waals surface area contributed by atoms with Crippen molar-refractivity contribution < 1.29 is 9.90 Å². The minimum Gasteiger partial charge on any atom is -0.465 e. The lowest BCUT2D eigenvalue weighted by atomic mass is 10.1. The molecule has 21 heavy (non-hydrogen) atoms. The van der Waals surface area contributed by atoms with Crippen LogP contribution in [0.4, 0.5) is 16.2 Å². The number of anilines is 2. The molecule has 0 atom stereocenters. The fourth-order valence-electron chi connectivity index (χ4n) is 2.56. The van der Waals surface area contributed by atoms with E-state index in [1.54, 1.807) is 11.3 Å². The number of rotatable bonds is 2. The van der Waals surface area contributed by atoms with Gasteiger partial charge in [0.15, 0.2) is 0 Å². The van der Waals surface area contributed by atoms with Crippen molar-refractivity contribution in [2.24, 2.45) is 0 Å². The highest BCUT2D eigenvalue weighted by atomic mass is 32.1. The molecule has 3 N–H and O–H groups in total. The van der Waals surface area contributed by atoms with Crippen LogP contribution in [0.25, 0.3) is 10.4 Å². The molecule has 5 nitrogen and oxygen atoms in total. The number of amides is 1. The molecule has 0 radical (unpaired) electrons. The number of nitrogens with zero attached hydrogens (tertiary/aromatic N) is 2. The van der Waals surface area contributed by atoms with Crippen LogP contribution in [0.15, 0.2) is 35.7 Å². The van der Waals surface area contributed by atoms with E-state index in [-0.39, 0.29) is 0 Å². The van der Waals surface area contributed by atoms with Crippen LogP contribution in [0.5, 0.6) is 0 Å². The molecule has 1 aliphatic heterocycles. The van der Waals surface area contributed by atoms with Crippen molar-refractivity contribution >= 4 is 28.8 Å². The first kappa shape index (κ1) is 13.8. The van der Waals surface area contributed by atoms with Gasteiger partial charge in [0.2, 0.25) is 0 Å². The molecule has 2 heterocycles. The van der Waals surface area contributed by atoms with Crippen LogP contribution in [0.2, 0.25) is 0 Å². The molecule has 110 valence electrons. The summed E-state index contributed by atoms with van der Waals surface area (Å²) in [6, 6.07) is 10.1. The summed E-state index contributed by atoms with van der Waals surface area (Å²) in [5.41, 5.74) is 9.04. The molecule has 1 aliphatic rings. The van der Waals surface area contributed by atoms with Crippen LogP contribution in [0, 0.1) is 0 Å². The van der Waals surface area contributed by atoms with E-state index in [0.717, 1.165) is 21.8 Å². The Kier molecular flexibility index (Phi) is 3.70. The van der Waals surface area contributed by atoms with Gasteiger partial charge in [0, 0.05) is 48.0 Å². The van der Waals surface area contributed by atoms with Crippen LogP contribution in [0.3, 0.4) is 0 Å². The van der Waals surface area contributed by atoms with E-state index < -0.39 is 6.09 Å². The number of nitrogens with two attached hydrogens (primary N) is 1. The van der Waals surface area contributed by atoms with Crippen molar-refractivity contribution in [1.82, 2.24) is 4.90 Å². The Hall–Kier alpha value is -2.21. The SMILES string of the molecule is Nc1cc(N2CCN(C(=O)O)CC2)ccc1-c1cccs1. The fourth-order valence-corrected chi connectivity index (χ4v) is 3.33. The monoisotopic (exact) mass is 303 g/mol. The summed E-state index contributed by atoms with van der Waals surface area (Å²) in [6.07, 6.45) is -0.845. The van der Waals surface area contributed by atoms with Crippen molar-refractivity contribution in [3.05, 3.63) is 35.7 Å². The number of carbonyl (C=O) groups is 1. The Bertz CT molecular complexity index is 634. The molecular weight excluding hydrogens is 286 g/mol. The molecule has 3 rings (SSSR count). The maximum atomic E-state index is 10.9. The molecule has 0 bridgehead atoms. The first-order valence-corrected chi connectivity index (χ1v) is 7.69. The molecule has 0 saturated carbocycles. The van der Waals surface area contributed by atoms with Gasteiger partial charge in [-0.1, -0.05) is 6.07 Å². The van der Waals surface area contributed by atoms with Crippen molar-refractivity contribution in [2.75, 3.05) is 36.8 Å². The van der Waals surface area contributed by atoms with Crippen LogP contribution in [0.1, 0.15) is 0 Å². The van der Waals surface area contributed by atoms with Crippen molar-refractivity contribution in [3.8, 4) is 10.4 Å². The molecule has 2 aromatic rings. The van der Waals surface area contributed by atoms with E-state index in [4.69, 9.17) is 10.8 Å². The molecule has 0 aliphatic carbocycles. The first-order valence-electron chi connectivity index (χ1n) is 6.81. The third kappa shape index (κ3) is 2.80. The summed E-state index contributed by atoms with van der Waals surface area (Å²) >= 11 is 1.67. The fraction of sp³-hybridized carbons (Fsp3) is 0.267. The Morgan fingerprint density at radius 3 is 2.52 bits per heavy atom. The first-order chi connectivity index (χ1) is 10.1. The van der Waals surface area contributed by atoms with Crippen molar-refractivity contribution in [2.45, 2.75) is 0 Å². The lowest BCUT2D eigenvalue weighted by Crippen LogP contribution is -2.48. The summed E-state index contributed by atoms with van der Waals surface area (Å²) in [5, 5.41) is 11.0. The molecule has 1 aromatic heterocycles. The quantitative estimate of drug-likeness (QED) is 0.837. The zero-order valence-corrected chi connectivity index (χ0v) is 12.3. The second-order valence-corrected chi connectivity index (χ2v) is 5.95. The summed E-state index contributed by atoms with van der Waals surface area (Å²) in [4.78, 5) is 15.7. The normalized spacial score (nSPS) is 15.2. The number of thiophene rings is 1. The van der Waals surface area contributed by atoms with E-state index in [2.05, 4.69) is 17.0 Å². The van der Waals surface area contributed by atoms with E-state index in [9.17, 15) is 4.79 Å². The number of nitrogen functional groups attached to an aromatic ring is 1. The smallest absolute Gasteiger partial charge is 0.407 e. The van der Waals surface area contributed by atoms with Gasteiger partial charge in [-0.2, -0.15) is 0 Å². The highest BCUT2D eigenvalue weighted by molar-refractivity contribution is 7.13. The van der Waals surface area contributed by atoms with Gasteiger partial charge in [-0.3, -0.25) is 0 Å². The van der Waals surface area contributed by atoms with Gasteiger partial charge < -0.3 is 20.6 Å².